The van der Waals surface area contributed by atoms with Gasteiger partial charge in [0.15, 0.2) is 11.1 Å². The van der Waals surface area contributed by atoms with Crippen LogP contribution in [0.4, 0.5) is 0 Å². The lowest BCUT2D eigenvalue weighted by atomic mass is 9.84. The van der Waals surface area contributed by atoms with Gasteiger partial charge in [0.2, 0.25) is 0 Å². The molecule has 3 aromatic carbocycles. The van der Waals surface area contributed by atoms with E-state index in [4.69, 9.17) is 14.5 Å². The number of ether oxygens (including phenoxy) is 2. The molecule has 8 nitrogen and oxygen atoms in total. The van der Waals surface area contributed by atoms with Gasteiger partial charge in [-0.15, -0.1) is 0 Å². The van der Waals surface area contributed by atoms with Crippen LogP contribution in [0.1, 0.15) is 30.5 Å². The van der Waals surface area contributed by atoms with Crippen molar-refractivity contribution in [1.82, 2.24) is 19.5 Å². The second-order valence-electron chi connectivity index (χ2n) is 10.2. The smallest absolute Gasteiger partial charge is 0.324 e. The third-order valence-electron chi connectivity index (χ3n) is 7.60. The van der Waals surface area contributed by atoms with Crippen LogP contribution in [0.2, 0.25) is 0 Å². The summed E-state index contributed by atoms with van der Waals surface area (Å²) in [6.45, 7) is 4.45. The van der Waals surface area contributed by atoms with Gasteiger partial charge in [-0.2, -0.15) is 0 Å². The third kappa shape index (κ3) is 4.75. The molecule has 0 amide bonds. The minimum absolute atomic E-state index is 0.182. The molecule has 0 atom stereocenters. The number of hydrogen-bond donors (Lipinski definition) is 0. The Hall–Kier alpha value is -4.85. The summed E-state index contributed by atoms with van der Waals surface area (Å²) in [6.07, 6.45) is 3.73. The molecule has 0 saturated carbocycles. The molecule has 8 heteroatoms. The van der Waals surface area contributed by atoms with Crippen molar-refractivity contribution < 1.29 is 19.1 Å². The average molecular weight is 547 g/mol. The zero-order chi connectivity index (χ0) is 28.4. The summed E-state index contributed by atoms with van der Waals surface area (Å²) in [7, 11) is 0. The van der Waals surface area contributed by atoms with Gasteiger partial charge in [0, 0.05) is 12.1 Å². The van der Waals surface area contributed by atoms with E-state index in [-0.39, 0.29) is 26.1 Å². The Morgan fingerprint density at radius 3 is 2.05 bits per heavy atom. The summed E-state index contributed by atoms with van der Waals surface area (Å²) in [5.41, 5.74) is 6.47. The van der Waals surface area contributed by atoms with Crippen LogP contribution in [-0.2, 0) is 38.4 Å². The number of nitrogens with zero attached hydrogens (tertiary/aromatic N) is 4. The van der Waals surface area contributed by atoms with E-state index < -0.39 is 17.4 Å². The fourth-order valence-corrected chi connectivity index (χ4v) is 5.70. The van der Waals surface area contributed by atoms with E-state index in [2.05, 4.69) is 38.8 Å². The summed E-state index contributed by atoms with van der Waals surface area (Å²) >= 11 is 0. The molecule has 0 radical (unpaired) electrons. The highest BCUT2D eigenvalue weighted by Crippen LogP contribution is 2.45. The van der Waals surface area contributed by atoms with E-state index in [1.807, 2.05) is 48.5 Å². The fourth-order valence-electron chi connectivity index (χ4n) is 5.70. The Morgan fingerprint density at radius 1 is 0.805 bits per heavy atom. The predicted octanol–water partition coefficient (Wildman–Crippen LogP) is 5.42. The van der Waals surface area contributed by atoms with Crippen molar-refractivity contribution in [1.29, 1.82) is 0 Å². The number of fused-ring (bicyclic) bond motifs is 2. The Kier molecular flexibility index (Phi) is 7.05. The van der Waals surface area contributed by atoms with Crippen LogP contribution < -0.4 is 0 Å². The van der Waals surface area contributed by atoms with E-state index >= 15 is 0 Å². The summed E-state index contributed by atoms with van der Waals surface area (Å²) in [6, 6.07) is 24.3. The normalized spacial score (nSPS) is 13.6. The quantitative estimate of drug-likeness (QED) is 0.189. The first-order valence-corrected chi connectivity index (χ1v) is 13.8. The minimum Gasteiger partial charge on any atom is -0.465 e. The third-order valence-corrected chi connectivity index (χ3v) is 7.60. The van der Waals surface area contributed by atoms with E-state index in [0.717, 1.165) is 44.6 Å². The van der Waals surface area contributed by atoms with Gasteiger partial charge in [-0.25, -0.2) is 15.0 Å². The second-order valence-corrected chi connectivity index (χ2v) is 10.2. The minimum atomic E-state index is -1.42. The maximum Gasteiger partial charge on any atom is 0.324 e. The standard InChI is InChI=1S/C33H30N4O4/c1-3-40-31(38)33(32(39)41-4-2)17-24-15-26(23-13-9-6-10-14-23)27(16-25(24)18-33)28-29-30(35-20-34-28)36-21-37(29)19-22-11-7-5-8-12-22/h5-16,20-21H,3-4,17-19H2,1-2H3. The molecule has 1 aliphatic rings. The monoisotopic (exact) mass is 546 g/mol. The Labute approximate surface area is 238 Å². The van der Waals surface area contributed by atoms with Crippen molar-refractivity contribution in [2.75, 3.05) is 13.2 Å². The first-order valence-electron chi connectivity index (χ1n) is 13.8. The number of esters is 2. The van der Waals surface area contributed by atoms with Crippen LogP contribution >= 0.6 is 0 Å². The largest absolute Gasteiger partial charge is 0.465 e. The first-order chi connectivity index (χ1) is 20.0. The Balaban J connectivity index is 1.54. The number of imidazole rings is 1. The van der Waals surface area contributed by atoms with Crippen LogP contribution in [0.3, 0.4) is 0 Å². The molecule has 2 heterocycles. The number of hydrogen-bond acceptors (Lipinski definition) is 7. The van der Waals surface area contributed by atoms with Crippen molar-refractivity contribution in [2.45, 2.75) is 33.2 Å². The maximum absolute atomic E-state index is 13.3. The van der Waals surface area contributed by atoms with E-state index in [1.165, 1.54) is 6.33 Å². The van der Waals surface area contributed by atoms with Crippen LogP contribution in [-0.4, -0.2) is 44.7 Å². The molecule has 0 saturated heterocycles. The predicted molar refractivity (Wildman–Crippen MR) is 155 cm³/mol. The van der Waals surface area contributed by atoms with Gasteiger partial charge in [-0.1, -0.05) is 66.7 Å². The average Bonchev–Trinajstić information content (AvgIpc) is 3.60. The molecular formula is C33H30N4O4. The molecule has 0 spiro atoms. The Bertz CT molecular complexity index is 1710. The van der Waals surface area contributed by atoms with E-state index in [9.17, 15) is 9.59 Å². The molecule has 1 aliphatic carbocycles. The van der Waals surface area contributed by atoms with Gasteiger partial charge in [0.1, 0.15) is 17.5 Å². The molecule has 206 valence electrons. The van der Waals surface area contributed by atoms with Gasteiger partial charge in [-0.05, 0) is 60.6 Å². The van der Waals surface area contributed by atoms with Crippen molar-refractivity contribution >= 4 is 23.1 Å². The molecule has 0 fully saturated rings. The summed E-state index contributed by atoms with van der Waals surface area (Å²) in [5, 5.41) is 0. The molecule has 0 unspecified atom stereocenters. The van der Waals surface area contributed by atoms with Crippen LogP contribution in [0, 0.1) is 5.41 Å². The lowest BCUT2D eigenvalue weighted by Crippen LogP contribution is -2.43. The highest BCUT2D eigenvalue weighted by atomic mass is 16.6. The molecule has 0 N–H and O–H groups in total. The van der Waals surface area contributed by atoms with Gasteiger partial charge in [0.25, 0.3) is 0 Å². The lowest BCUT2D eigenvalue weighted by molar-refractivity contribution is -0.171. The summed E-state index contributed by atoms with van der Waals surface area (Å²) in [5.74, 6) is -1.11. The molecule has 2 aromatic heterocycles. The highest BCUT2D eigenvalue weighted by molar-refractivity contribution is 6.02. The molecule has 0 aliphatic heterocycles. The number of benzene rings is 3. The lowest BCUT2D eigenvalue weighted by Gasteiger charge is -2.23. The van der Waals surface area contributed by atoms with Crippen molar-refractivity contribution in [3.8, 4) is 22.4 Å². The molecule has 41 heavy (non-hydrogen) atoms. The number of aromatic nitrogens is 4. The van der Waals surface area contributed by atoms with E-state index in [0.29, 0.717) is 12.2 Å². The molecule has 6 rings (SSSR count). The highest BCUT2D eigenvalue weighted by Gasteiger charge is 2.53. The SMILES string of the molecule is CCOC(=O)C1(C(=O)OCC)Cc2cc(-c3ccccc3)c(-c3ncnc4ncn(Cc5ccccc5)c34)cc2C1. The first kappa shape index (κ1) is 26.4. The van der Waals surface area contributed by atoms with Crippen LogP contribution in [0.15, 0.2) is 85.5 Å². The molecule has 0 bridgehead atoms. The van der Waals surface area contributed by atoms with E-state index in [1.54, 1.807) is 20.2 Å². The van der Waals surface area contributed by atoms with Gasteiger partial charge in [0.05, 0.1) is 19.5 Å². The summed E-state index contributed by atoms with van der Waals surface area (Å²) < 4.78 is 12.9. The fraction of sp³-hybridized carbons (Fsp3) is 0.242. The van der Waals surface area contributed by atoms with Crippen molar-refractivity contribution in [3.05, 3.63) is 102 Å². The maximum atomic E-state index is 13.3. The van der Waals surface area contributed by atoms with Gasteiger partial charge < -0.3 is 14.0 Å². The molecular weight excluding hydrogens is 516 g/mol. The molecule has 5 aromatic rings. The van der Waals surface area contributed by atoms with Crippen molar-refractivity contribution in [2.24, 2.45) is 5.41 Å². The van der Waals surface area contributed by atoms with Gasteiger partial charge in [-0.3, -0.25) is 9.59 Å². The summed E-state index contributed by atoms with van der Waals surface area (Å²) in [4.78, 5) is 40.3. The van der Waals surface area contributed by atoms with Crippen LogP contribution in [0.5, 0.6) is 0 Å². The second kappa shape index (κ2) is 11.0. The Morgan fingerprint density at radius 2 is 1.41 bits per heavy atom. The van der Waals surface area contributed by atoms with Crippen LogP contribution in [0.25, 0.3) is 33.5 Å². The number of carbonyl (C=O) groups is 2. The van der Waals surface area contributed by atoms with Crippen molar-refractivity contribution in [3.63, 3.8) is 0 Å². The number of rotatable bonds is 8. The zero-order valence-corrected chi connectivity index (χ0v) is 23.0. The topological polar surface area (TPSA) is 96.2 Å². The number of carbonyl (C=O) groups excluding carboxylic acids is 2. The van der Waals surface area contributed by atoms with Gasteiger partial charge >= 0.3 is 11.9 Å². The zero-order valence-electron chi connectivity index (χ0n) is 23.0.